The molecule has 6 rings (SSSR count). The van der Waals surface area contributed by atoms with Crippen LogP contribution in [0.1, 0.15) is 56.4 Å². The Hall–Kier alpha value is -4.13. The zero-order valence-corrected chi connectivity index (χ0v) is 22.8. The number of pyridine rings is 1. The predicted octanol–water partition coefficient (Wildman–Crippen LogP) is 3.70. The first kappa shape index (κ1) is 26.1. The number of fused-ring (bicyclic) bond motifs is 2. The van der Waals surface area contributed by atoms with Crippen molar-refractivity contribution in [3.05, 3.63) is 36.2 Å². The lowest BCUT2D eigenvalue weighted by Gasteiger charge is -2.25. The number of alkyl halides is 1. The predicted molar refractivity (Wildman–Crippen MR) is 144 cm³/mol. The highest BCUT2D eigenvalue weighted by atomic mass is 19.1. The highest BCUT2D eigenvalue weighted by Gasteiger charge is 2.39. The second-order valence-electron chi connectivity index (χ2n) is 11.2. The van der Waals surface area contributed by atoms with Crippen molar-refractivity contribution in [2.45, 2.75) is 63.9 Å². The quantitative estimate of drug-likeness (QED) is 0.398. The largest absolute Gasteiger partial charge is 0.443 e. The number of rotatable bonds is 5. The fraction of sp³-hybridized carbons (Fsp3) is 0.481. The van der Waals surface area contributed by atoms with Gasteiger partial charge in [-0.1, -0.05) is 0 Å². The third kappa shape index (κ3) is 4.85. The van der Waals surface area contributed by atoms with Gasteiger partial charge in [-0.25, -0.2) is 23.8 Å². The highest BCUT2D eigenvalue weighted by Crippen LogP contribution is 2.33. The Morgan fingerprint density at radius 2 is 1.98 bits per heavy atom. The van der Waals surface area contributed by atoms with E-state index in [4.69, 9.17) is 19.6 Å². The van der Waals surface area contributed by atoms with Gasteiger partial charge in [-0.2, -0.15) is 14.7 Å². The molecule has 1 saturated heterocycles. The number of aromatic nitrogens is 6. The summed E-state index contributed by atoms with van der Waals surface area (Å²) in [5, 5.41) is 12.8. The van der Waals surface area contributed by atoms with Crippen molar-refractivity contribution in [1.29, 1.82) is 0 Å². The summed E-state index contributed by atoms with van der Waals surface area (Å²) in [6, 6.07) is 5.01. The molecule has 4 aromatic rings. The van der Waals surface area contributed by atoms with Gasteiger partial charge in [0, 0.05) is 44.3 Å². The lowest BCUT2D eigenvalue weighted by Crippen LogP contribution is -2.35. The molecule has 13 heteroatoms. The zero-order valence-electron chi connectivity index (χ0n) is 22.8. The van der Waals surface area contributed by atoms with Crippen molar-refractivity contribution >= 4 is 34.5 Å². The monoisotopic (exact) mass is 550 g/mol. The van der Waals surface area contributed by atoms with Crippen LogP contribution >= 0.6 is 0 Å². The molecule has 2 atom stereocenters. The fourth-order valence-corrected chi connectivity index (χ4v) is 4.80. The number of hydrogen-bond acceptors (Lipinski definition) is 8. The van der Waals surface area contributed by atoms with Crippen LogP contribution in [0.25, 0.3) is 28.1 Å². The van der Waals surface area contributed by atoms with Gasteiger partial charge >= 0.3 is 6.09 Å². The first-order valence-corrected chi connectivity index (χ1v) is 13.3. The second-order valence-corrected chi connectivity index (χ2v) is 11.2. The van der Waals surface area contributed by atoms with Crippen LogP contribution in [0, 0.1) is 0 Å². The van der Waals surface area contributed by atoms with Crippen molar-refractivity contribution in [1.82, 2.24) is 34.7 Å². The maximum absolute atomic E-state index is 13.5. The lowest BCUT2D eigenvalue weighted by molar-refractivity contribution is 0.0587. The first-order chi connectivity index (χ1) is 19.1. The van der Waals surface area contributed by atoms with Crippen LogP contribution < -0.4 is 10.2 Å². The molecule has 210 valence electrons. The molecule has 0 aromatic carbocycles. The van der Waals surface area contributed by atoms with Crippen molar-refractivity contribution in [2.75, 3.05) is 25.2 Å². The number of nitrogens with zero attached hydrogens (tertiary/aromatic N) is 7. The van der Waals surface area contributed by atoms with E-state index in [0.29, 0.717) is 36.1 Å². The second kappa shape index (κ2) is 9.81. The normalized spacial score (nSPS) is 19.6. The van der Waals surface area contributed by atoms with Crippen LogP contribution in [0.3, 0.4) is 0 Å². The smallest absolute Gasteiger partial charge is 0.415 e. The summed E-state index contributed by atoms with van der Waals surface area (Å²) < 4.78 is 28.0. The lowest BCUT2D eigenvalue weighted by atomic mass is 10.1. The molecule has 40 heavy (non-hydrogen) atoms. The van der Waals surface area contributed by atoms with E-state index in [1.54, 1.807) is 40.1 Å². The van der Waals surface area contributed by atoms with Crippen LogP contribution in [0.4, 0.5) is 15.0 Å². The molecular weight excluding hydrogens is 519 g/mol. The average Bonchev–Trinajstić information content (AvgIpc) is 3.30. The summed E-state index contributed by atoms with van der Waals surface area (Å²) in [5.74, 6) is -0.171. The van der Waals surface area contributed by atoms with Gasteiger partial charge in [-0.3, -0.25) is 9.69 Å². The van der Waals surface area contributed by atoms with E-state index in [1.807, 2.05) is 16.8 Å². The molecule has 2 fully saturated rings. The third-order valence-electron chi connectivity index (χ3n) is 6.98. The Bertz CT molecular complexity index is 1600. The molecule has 0 unspecified atom stereocenters. The summed E-state index contributed by atoms with van der Waals surface area (Å²) >= 11 is 0. The van der Waals surface area contributed by atoms with Gasteiger partial charge in [0.15, 0.2) is 11.3 Å². The molecule has 0 spiro atoms. The molecule has 2 aliphatic rings. The van der Waals surface area contributed by atoms with Gasteiger partial charge < -0.3 is 14.8 Å². The van der Waals surface area contributed by atoms with E-state index in [0.717, 1.165) is 18.2 Å². The Morgan fingerprint density at radius 3 is 2.67 bits per heavy atom. The van der Waals surface area contributed by atoms with Gasteiger partial charge in [0.1, 0.15) is 28.8 Å². The summed E-state index contributed by atoms with van der Waals surface area (Å²) in [5.41, 5.74) is 1.32. The van der Waals surface area contributed by atoms with Crippen LogP contribution in [-0.4, -0.2) is 79.4 Å². The molecule has 12 nitrogen and oxygen atoms in total. The molecule has 0 radical (unpaired) electrons. The molecule has 1 saturated carbocycles. The summed E-state index contributed by atoms with van der Waals surface area (Å²) in [6.45, 7) is 6.61. The maximum atomic E-state index is 13.5. The van der Waals surface area contributed by atoms with Gasteiger partial charge in [0.25, 0.3) is 5.91 Å². The van der Waals surface area contributed by atoms with Crippen LogP contribution in [0.15, 0.2) is 30.6 Å². The first-order valence-electron chi connectivity index (χ1n) is 13.3. The van der Waals surface area contributed by atoms with Gasteiger partial charge in [-0.15, -0.1) is 0 Å². The van der Waals surface area contributed by atoms with Crippen molar-refractivity contribution in [3.63, 3.8) is 0 Å². The Morgan fingerprint density at radius 1 is 1.23 bits per heavy atom. The van der Waals surface area contributed by atoms with Crippen molar-refractivity contribution in [2.24, 2.45) is 0 Å². The highest BCUT2D eigenvalue weighted by molar-refractivity contribution is 6.01. The topological polar surface area (TPSA) is 129 Å². The molecule has 1 aliphatic carbocycles. The van der Waals surface area contributed by atoms with Crippen LogP contribution in [-0.2, 0) is 9.47 Å². The van der Waals surface area contributed by atoms with Crippen LogP contribution in [0.2, 0.25) is 0 Å². The molecular formula is C27H31FN8O4. The number of amides is 2. The Kier molecular flexibility index (Phi) is 6.40. The van der Waals surface area contributed by atoms with Gasteiger partial charge in [0.2, 0.25) is 0 Å². The number of carbonyl (C=O) groups excluding carboxylic acids is 2. The summed E-state index contributed by atoms with van der Waals surface area (Å²) in [4.78, 5) is 36.9. The van der Waals surface area contributed by atoms with Gasteiger partial charge in [-0.05, 0) is 45.7 Å². The van der Waals surface area contributed by atoms with E-state index in [2.05, 4.69) is 15.4 Å². The van der Waals surface area contributed by atoms with E-state index < -0.39 is 29.8 Å². The van der Waals surface area contributed by atoms with E-state index in [-0.39, 0.29) is 23.7 Å². The molecule has 4 aromatic heterocycles. The minimum absolute atomic E-state index is 0.107. The van der Waals surface area contributed by atoms with Crippen molar-refractivity contribution < 1.29 is 23.5 Å². The Balaban J connectivity index is 1.51. The molecule has 0 bridgehead atoms. The maximum Gasteiger partial charge on any atom is 0.415 e. The summed E-state index contributed by atoms with van der Waals surface area (Å²) in [7, 11) is 1.56. The van der Waals surface area contributed by atoms with Gasteiger partial charge in [0.05, 0.1) is 24.0 Å². The zero-order chi connectivity index (χ0) is 28.2. The van der Waals surface area contributed by atoms with Crippen molar-refractivity contribution in [3.8, 4) is 11.4 Å². The van der Waals surface area contributed by atoms with E-state index in [9.17, 15) is 14.0 Å². The number of anilines is 1. The number of carbonyl (C=O) groups is 2. The number of hydrogen-bond donors (Lipinski definition) is 1. The number of nitrogens with one attached hydrogen (secondary N) is 1. The van der Waals surface area contributed by atoms with E-state index in [1.165, 1.54) is 15.6 Å². The number of ether oxygens (including phenoxy) is 2. The molecule has 1 N–H and O–H groups in total. The minimum atomic E-state index is -1.06. The minimum Gasteiger partial charge on any atom is -0.443 e. The standard InChI is InChI=1S/C27H31FN8O4/c1-27(2,3)40-26(38)34(4)21-13-20(31-24-17(14-30-36(21)24)25(37)32-19-12-18(19)28)22-16-6-5-9-29-23(16)35(33-22)15-7-10-39-11-8-15/h5-6,9,13-15,18-19H,7-8,10-12H2,1-4H3,(H,32,37)/t18-,19+/m0/s1. The fourth-order valence-electron chi connectivity index (χ4n) is 4.80. The third-order valence-corrected chi connectivity index (χ3v) is 6.98. The molecule has 1 aliphatic heterocycles. The molecule has 2 amide bonds. The van der Waals surface area contributed by atoms with Crippen LogP contribution in [0.5, 0.6) is 0 Å². The number of halogens is 1. The SMILES string of the molecule is CN(C(=O)OC(C)(C)C)c1cc(-c2nn(C3CCOCC3)c3ncccc23)nc2c(C(=O)N[C@@H]3C[C@@H]3F)cnn12. The van der Waals surface area contributed by atoms with E-state index >= 15 is 0 Å². The summed E-state index contributed by atoms with van der Waals surface area (Å²) in [6.07, 6.45) is 3.30. The molecule has 5 heterocycles. The average molecular weight is 551 g/mol. The Labute approximate surface area is 229 Å².